The van der Waals surface area contributed by atoms with Crippen LogP contribution in [0.25, 0.3) is 15.9 Å². The van der Waals surface area contributed by atoms with E-state index in [-0.39, 0.29) is 11.4 Å². The van der Waals surface area contributed by atoms with E-state index in [1.54, 1.807) is 22.7 Å². The second-order valence-electron chi connectivity index (χ2n) is 6.74. The summed E-state index contributed by atoms with van der Waals surface area (Å²) in [4.78, 5) is 30.3. The smallest absolute Gasteiger partial charge is 0.258 e. The standard InChI is InChI=1S/C19H17FN6OS/c20-15-3-1-2-14-17(15)21-12-22-18(14)25-6-4-24(5-7-25)11-13-10-16(27)26-8-9-28-19(26)23-13/h1-3,8-10,12H,4-7,11H2. The predicted molar refractivity (Wildman–Crippen MR) is 106 cm³/mol. The average molecular weight is 396 g/mol. The summed E-state index contributed by atoms with van der Waals surface area (Å²) < 4.78 is 15.6. The fourth-order valence-electron chi connectivity index (χ4n) is 3.61. The average Bonchev–Trinajstić information content (AvgIpc) is 3.18. The number of hydrogen-bond donors (Lipinski definition) is 0. The molecule has 1 aliphatic heterocycles. The molecule has 0 atom stereocenters. The highest BCUT2D eigenvalue weighted by Gasteiger charge is 2.21. The van der Waals surface area contributed by atoms with Crippen LogP contribution in [0.5, 0.6) is 0 Å². The number of aromatic nitrogens is 4. The number of piperazine rings is 1. The lowest BCUT2D eigenvalue weighted by atomic mass is 10.2. The maximum absolute atomic E-state index is 14.0. The van der Waals surface area contributed by atoms with Gasteiger partial charge in [0, 0.05) is 55.8 Å². The number of para-hydroxylation sites is 1. The molecule has 7 nitrogen and oxygen atoms in total. The van der Waals surface area contributed by atoms with Gasteiger partial charge in [-0.25, -0.2) is 19.3 Å². The van der Waals surface area contributed by atoms with Crippen molar-refractivity contribution in [3.63, 3.8) is 0 Å². The van der Waals surface area contributed by atoms with E-state index < -0.39 is 0 Å². The van der Waals surface area contributed by atoms with Gasteiger partial charge in [-0.1, -0.05) is 6.07 Å². The summed E-state index contributed by atoms with van der Waals surface area (Å²) in [6.07, 6.45) is 3.16. The topological polar surface area (TPSA) is 66.6 Å². The molecule has 5 rings (SSSR count). The summed E-state index contributed by atoms with van der Waals surface area (Å²) in [5, 5.41) is 2.59. The Hall–Kier alpha value is -2.91. The van der Waals surface area contributed by atoms with Crippen LogP contribution in [0.4, 0.5) is 10.2 Å². The minimum atomic E-state index is -0.332. The van der Waals surface area contributed by atoms with E-state index in [4.69, 9.17) is 0 Å². The molecule has 3 aromatic heterocycles. The van der Waals surface area contributed by atoms with Crippen LogP contribution < -0.4 is 10.5 Å². The first-order valence-electron chi connectivity index (χ1n) is 9.01. The second-order valence-corrected chi connectivity index (χ2v) is 7.61. The highest BCUT2D eigenvalue weighted by Crippen LogP contribution is 2.25. The number of nitrogens with zero attached hydrogens (tertiary/aromatic N) is 6. The molecule has 1 saturated heterocycles. The van der Waals surface area contributed by atoms with E-state index in [1.807, 2.05) is 11.4 Å². The Bertz CT molecular complexity index is 1210. The molecule has 0 aliphatic carbocycles. The number of thiazole rings is 1. The molecule has 0 saturated carbocycles. The normalized spacial score (nSPS) is 15.5. The third kappa shape index (κ3) is 3.02. The molecule has 1 aromatic carbocycles. The maximum atomic E-state index is 14.0. The Labute approximate surface area is 163 Å². The van der Waals surface area contributed by atoms with Crippen LogP contribution in [0.15, 0.2) is 47.0 Å². The zero-order chi connectivity index (χ0) is 19.1. The Morgan fingerprint density at radius 2 is 2.00 bits per heavy atom. The SMILES string of the molecule is O=c1cc(CN2CCN(c3ncnc4c(F)cccc34)CC2)nc2sccn12. The molecule has 142 valence electrons. The van der Waals surface area contributed by atoms with Crippen molar-refractivity contribution in [2.75, 3.05) is 31.1 Å². The molecule has 0 N–H and O–H groups in total. The first-order chi connectivity index (χ1) is 13.7. The molecular weight excluding hydrogens is 379 g/mol. The van der Waals surface area contributed by atoms with Gasteiger partial charge in [0.05, 0.1) is 5.69 Å². The number of anilines is 1. The van der Waals surface area contributed by atoms with Crippen molar-refractivity contribution in [1.82, 2.24) is 24.3 Å². The van der Waals surface area contributed by atoms with Gasteiger partial charge in [-0.15, -0.1) is 11.3 Å². The van der Waals surface area contributed by atoms with Crippen LogP contribution in [-0.2, 0) is 6.54 Å². The van der Waals surface area contributed by atoms with Gasteiger partial charge in [0.25, 0.3) is 5.56 Å². The predicted octanol–water partition coefficient (Wildman–Crippen LogP) is 2.16. The summed E-state index contributed by atoms with van der Waals surface area (Å²) in [5.41, 5.74) is 1.09. The summed E-state index contributed by atoms with van der Waals surface area (Å²) in [6, 6.07) is 6.56. The van der Waals surface area contributed by atoms with Gasteiger partial charge in [-0.2, -0.15) is 0 Å². The monoisotopic (exact) mass is 396 g/mol. The van der Waals surface area contributed by atoms with E-state index >= 15 is 0 Å². The first-order valence-corrected chi connectivity index (χ1v) is 9.89. The lowest BCUT2D eigenvalue weighted by molar-refractivity contribution is 0.247. The summed E-state index contributed by atoms with van der Waals surface area (Å²) >= 11 is 1.46. The van der Waals surface area contributed by atoms with E-state index in [2.05, 4.69) is 24.8 Å². The Kier molecular flexibility index (Phi) is 4.25. The molecule has 0 radical (unpaired) electrons. The van der Waals surface area contributed by atoms with Gasteiger partial charge in [0.15, 0.2) is 4.96 Å². The first kappa shape index (κ1) is 17.2. The van der Waals surface area contributed by atoms with Crippen molar-refractivity contribution in [2.24, 2.45) is 0 Å². The van der Waals surface area contributed by atoms with Crippen LogP contribution >= 0.6 is 11.3 Å². The van der Waals surface area contributed by atoms with E-state index in [0.29, 0.717) is 12.1 Å². The number of halogens is 1. The van der Waals surface area contributed by atoms with Crippen molar-refractivity contribution in [3.8, 4) is 0 Å². The molecule has 4 heterocycles. The largest absolute Gasteiger partial charge is 0.353 e. The van der Waals surface area contributed by atoms with Crippen LogP contribution in [0.1, 0.15) is 5.69 Å². The number of rotatable bonds is 3. The van der Waals surface area contributed by atoms with E-state index in [0.717, 1.165) is 48.0 Å². The number of hydrogen-bond acceptors (Lipinski definition) is 7. The highest BCUT2D eigenvalue weighted by atomic mass is 32.1. The van der Waals surface area contributed by atoms with Gasteiger partial charge in [-0.05, 0) is 12.1 Å². The highest BCUT2D eigenvalue weighted by molar-refractivity contribution is 7.15. The molecule has 4 aromatic rings. The Morgan fingerprint density at radius 1 is 1.14 bits per heavy atom. The molecule has 1 aliphatic rings. The summed E-state index contributed by atoms with van der Waals surface area (Å²) in [6.45, 7) is 3.79. The minimum Gasteiger partial charge on any atom is -0.353 e. The van der Waals surface area contributed by atoms with E-state index in [1.165, 1.54) is 23.7 Å². The van der Waals surface area contributed by atoms with Crippen molar-refractivity contribution in [1.29, 1.82) is 0 Å². The Balaban J connectivity index is 1.32. The molecule has 9 heteroatoms. The molecule has 0 spiro atoms. The molecule has 28 heavy (non-hydrogen) atoms. The maximum Gasteiger partial charge on any atom is 0.258 e. The Morgan fingerprint density at radius 3 is 2.86 bits per heavy atom. The summed E-state index contributed by atoms with van der Waals surface area (Å²) in [5.74, 6) is 0.432. The van der Waals surface area contributed by atoms with Gasteiger partial charge in [0.1, 0.15) is 23.5 Å². The zero-order valence-corrected chi connectivity index (χ0v) is 15.8. The van der Waals surface area contributed by atoms with Crippen molar-refractivity contribution in [3.05, 3.63) is 64.0 Å². The van der Waals surface area contributed by atoms with E-state index in [9.17, 15) is 9.18 Å². The lowest BCUT2D eigenvalue weighted by Crippen LogP contribution is -2.46. The van der Waals surface area contributed by atoms with Crippen molar-refractivity contribution >= 4 is 33.0 Å². The third-order valence-electron chi connectivity index (χ3n) is 5.01. The third-order valence-corrected chi connectivity index (χ3v) is 5.76. The summed E-state index contributed by atoms with van der Waals surface area (Å²) in [7, 11) is 0. The molecule has 1 fully saturated rings. The quantitative estimate of drug-likeness (QED) is 0.529. The number of benzene rings is 1. The van der Waals surface area contributed by atoms with Crippen molar-refractivity contribution in [2.45, 2.75) is 6.54 Å². The fraction of sp³-hybridized carbons (Fsp3) is 0.263. The zero-order valence-electron chi connectivity index (χ0n) is 15.0. The van der Waals surface area contributed by atoms with Gasteiger partial charge in [0.2, 0.25) is 0 Å². The molecule has 0 unspecified atom stereocenters. The lowest BCUT2D eigenvalue weighted by Gasteiger charge is -2.35. The second kappa shape index (κ2) is 6.92. The van der Waals surface area contributed by atoms with Gasteiger partial charge in [-0.3, -0.25) is 14.1 Å². The molecular formula is C19H17FN6OS. The van der Waals surface area contributed by atoms with Gasteiger partial charge >= 0.3 is 0 Å². The minimum absolute atomic E-state index is 0.0469. The van der Waals surface area contributed by atoms with Crippen molar-refractivity contribution < 1.29 is 4.39 Å². The van der Waals surface area contributed by atoms with Crippen LogP contribution in [0.3, 0.4) is 0 Å². The number of fused-ring (bicyclic) bond motifs is 2. The molecule has 0 bridgehead atoms. The van der Waals surface area contributed by atoms with Crippen LogP contribution in [0, 0.1) is 5.82 Å². The van der Waals surface area contributed by atoms with Crippen LogP contribution in [0.2, 0.25) is 0 Å². The van der Waals surface area contributed by atoms with Gasteiger partial charge < -0.3 is 4.90 Å². The fourth-order valence-corrected chi connectivity index (χ4v) is 4.34. The van der Waals surface area contributed by atoms with Crippen LogP contribution in [-0.4, -0.2) is 50.4 Å². The molecule has 0 amide bonds.